The van der Waals surface area contributed by atoms with Crippen LogP contribution in [0.1, 0.15) is 42.2 Å². The molecule has 0 spiro atoms. The van der Waals surface area contributed by atoms with E-state index in [1.54, 1.807) is 16.8 Å². The van der Waals surface area contributed by atoms with Gasteiger partial charge in [0.15, 0.2) is 0 Å². The molecule has 1 atom stereocenters. The van der Waals surface area contributed by atoms with Crippen LogP contribution in [0.15, 0.2) is 61.1 Å². The maximum absolute atomic E-state index is 11.4. The summed E-state index contributed by atoms with van der Waals surface area (Å²) in [7, 11) is 1.92. The highest BCUT2D eigenvalue weighted by molar-refractivity contribution is 5.92. The third-order valence-corrected chi connectivity index (χ3v) is 5.20. The summed E-state index contributed by atoms with van der Waals surface area (Å²) in [5.41, 5.74) is 10.3. The molecule has 2 aromatic carbocycles. The molecule has 1 amide bonds. The Morgan fingerprint density at radius 1 is 1.03 bits per heavy atom. The zero-order valence-corrected chi connectivity index (χ0v) is 16.9. The molecule has 0 saturated heterocycles. The Kier molecular flexibility index (Phi) is 4.92. The second-order valence-electron chi connectivity index (χ2n) is 7.90. The van der Waals surface area contributed by atoms with Gasteiger partial charge in [-0.25, -0.2) is 0 Å². The van der Waals surface area contributed by atoms with Crippen molar-refractivity contribution in [3.05, 3.63) is 72.2 Å². The molecule has 2 aromatic heterocycles. The van der Waals surface area contributed by atoms with Crippen LogP contribution in [-0.4, -0.2) is 25.5 Å². The van der Waals surface area contributed by atoms with Crippen molar-refractivity contribution in [2.24, 2.45) is 18.7 Å². The number of nitrogens with two attached hydrogens (primary N) is 1. The van der Waals surface area contributed by atoms with Crippen molar-refractivity contribution in [2.75, 3.05) is 0 Å². The van der Waals surface area contributed by atoms with Crippen molar-refractivity contribution in [1.82, 2.24) is 19.6 Å². The van der Waals surface area contributed by atoms with Gasteiger partial charge in [0, 0.05) is 29.8 Å². The Morgan fingerprint density at radius 2 is 1.79 bits per heavy atom. The minimum atomic E-state index is -0.413. The lowest BCUT2D eigenvalue weighted by molar-refractivity contribution is 0.1000. The van der Waals surface area contributed by atoms with Crippen molar-refractivity contribution in [1.29, 1.82) is 0 Å². The van der Waals surface area contributed by atoms with E-state index in [1.165, 1.54) is 0 Å². The number of carbonyl (C=O) groups excluding carboxylic acids is 1. The molecule has 2 N–H and O–H groups in total. The number of aryl methyl sites for hydroxylation is 1. The largest absolute Gasteiger partial charge is 0.366 e. The number of nitrogens with zero attached hydrogens (tertiary/aromatic N) is 4. The summed E-state index contributed by atoms with van der Waals surface area (Å²) in [6.45, 7) is 4.41. The van der Waals surface area contributed by atoms with Crippen LogP contribution in [-0.2, 0) is 7.05 Å². The predicted octanol–water partition coefficient (Wildman–Crippen LogP) is 4.17. The van der Waals surface area contributed by atoms with Gasteiger partial charge in [-0.2, -0.15) is 10.2 Å². The first kappa shape index (κ1) is 18.9. The standard InChI is InChI=1S/C23H25N5O/c1-15(2)10-22(16-4-6-17(7-5-16)23(24)29)28-21-9-8-18(11-19(21)12-26-28)20-13-25-27(3)14-20/h4-9,11-15,22H,10H2,1-3H3,(H2,24,29). The summed E-state index contributed by atoms with van der Waals surface area (Å²) in [6, 6.07) is 14.0. The Bertz CT molecular complexity index is 1150. The van der Waals surface area contributed by atoms with Gasteiger partial charge in [-0.15, -0.1) is 0 Å². The van der Waals surface area contributed by atoms with Gasteiger partial charge in [0.2, 0.25) is 5.91 Å². The lowest BCUT2D eigenvalue weighted by Crippen LogP contribution is -2.15. The lowest BCUT2D eigenvalue weighted by atomic mass is 9.96. The molecule has 0 aliphatic heterocycles. The van der Waals surface area contributed by atoms with Crippen molar-refractivity contribution >= 4 is 16.8 Å². The second-order valence-corrected chi connectivity index (χ2v) is 7.90. The molecule has 148 valence electrons. The topological polar surface area (TPSA) is 78.7 Å². The quantitative estimate of drug-likeness (QED) is 0.539. The monoisotopic (exact) mass is 387 g/mol. The normalized spacial score (nSPS) is 12.6. The molecular formula is C23H25N5O. The summed E-state index contributed by atoms with van der Waals surface area (Å²) < 4.78 is 3.89. The molecule has 0 aliphatic carbocycles. The first-order valence-corrected chi connectivity index (χ1v) is 9.78. The van der Waals surface area contributed by atoms with E-state index in [0.717, 1.165) is 34.0 Å². The van der Waals surface area contributed by atoms with Crippen LogP contribution in [0.2, 0.25) is 0 Å². The highest BCUT2D eigenvalue weighted by Gasteiger charge is 2.19. The van der Waals surface area contributed by atoms with Crippen LogP contribution in [0.3, 0.4) is 0 Å². The van der Waals surface area contributed by atoms with Gasteiger partial charge in [-0.05, 0) is 47.7 Å². The Labute approximate surface area is 169 Å². The van der Waals surface area contributed by atoms with Crippen molar-refractivity contribution < 1.29 is 4.79 Å². The van der Waals surface area contributed by atoms with Gasteiger partial charge < -0.3 is 5.73 Å². The average Bonchev–Trinajstić information content (AvgIpc) is 3.32. The van der Waals surface area contributed by atoms with Crippen LogP contribution in [0.4, 0.5) is 0 Å². The third kappa shape index (κ3) is 3.78. The minimum absolute atomic E-state index is 0.0821. The molecule has 0 bridgehead atoms. The first-order valence-electron chi connectivity index (χ1n) is 9.78. The van der Waals surface area contributed by atoms with Crippen LogP contribution in [0.5, 0.6) is 0 Å². The molecule has 0 saturated carbocycles. The fraction of sp³-hybridized carbons (Fsp3) is 0.261. The van der Waals surface area contributed by atoms with E-state index in [4.69, 9.17) is 10.8 Å². The minimum Gasteiger partial charge on any atom is -0.366 e. The number of amides is 1. The van der Waals surface area contributed by atoms with Gasteiger partial charge in [0.1, 0.15) is 0 Å². The SMILES string of the molecule is CC(C)CC(c1ccc(C(N)=O)cc1)n1ncc2cc(-c3cnn(C)c3)ccc21. The molecule has 4 aromatic rings. The van der Waals surface area contributed by atoms with Gasteiger partial charge in [0.05, 0.1) is 24.0 Å². The fourth-order valence-electron chi connectivity index (χ4n) is 3.74. The number of primary amides is 1. The van der Waals surface area contributed by atoms with E-state index in [-0.39, 0.29) is 6.04 Å². The summed E-state index contributed by atoms with van der Waals surface area (Å²) in [6.07, 6.45) is 6.73. The van der Waals surface area contributed by atoms with Crippen LogP contribution in [0.25, 0.3) is 22.0 Å². The summed E-state index contributed by atoms with van der Waals surface area (Å²) in [4.78, 5) is 11.4. The molecule has 29 heavy (non-hydrogen) atoms. The van der Waals surface area contributed by atoms with Crippen molar-refractivity contribution in [2.45, 2.75) is 26.3 Å². The molecule has 2 heterocycles. The second kappa shape index (κ2) is 7.54. The average molecular weight is 387 g/mol. The maximum atomic E-state index is 11.4. The number of hydrogen-bond acceptors (Lipinski definition) is 3. The van der Waals surface area contributed by atoms with E-state index >= 15 is 0 Å². The maximum Gasteiger partial charge on any atom is 0.248 e. The van der Waals surface area contributed by atoms with E-state index in [0.29, 0.717) is 11.5 Å². The van der Waals surface area contributed by atoms with E-state index in [2.05, 4.69) is 41.8 Å². The third-order valence-electron chi connectivity index (χ3n) is 5.20. The van der Waals surface area contributed by atoms with Gasteiger partial charge in [-0.1, -0.05) is 32.0 Å². The molecule has 0 fully saturated rings. The summed E-state index contributed by atoms with van der Waals surface area (Å²) in [5.74, 6) is 0.0779. The van der Waals surface area contributed by atoms with Crippen LogP contribution >= 0.6 is 0 Å². The highest BCUT2D eigenvalue weighted by Crippen LogP contribution is 2.31. The van der Waals surface area contributed by atoms with Crippen LogP contribution in [0, 0.1) is 5.92 Å². The van der Waals surface area contributed by atoms with Gasteiger partial charge >= 0.3 is 0 Å². The molecule has 0 radical (unpaired) electrons. The Hall–Kier alpha value is -3.41. The molecule has 0 aliphatic rings. The van der Waals surface area contributed by atoms with Crippen LogP contribution < -0.4 is 5.73 Å². The first-order chi connectivity index (χ1) is 13.9. The smallest absolute Gasteiger partial charge is 0.248 e. The van der Waals surface area contributed by atoms with E-state index in [9.17, 15) is 4.79 Å². The number of hydrogen-bond donors (Lipinski definition) is 1. The lowest BCUT2D eigenvalue weighted by Gasteiger charge is -2.21. The molecular weight excluding hydrogens is 362 g/mol. The van der Waals surface area contributed by atoms with E-state index < -0.39 is 5.91 Å². The van der Waals surface area contributed by atoms with Crippen molar-refractivity contribution in [3.8, 4) is 11.1 Å². The number of aromatic nitrogens is 4. The summed E-state index contributed by atoms with van der Waals surface area (Å²) >= 11 is 0. The number of benzene rings is 2. The molecule has 4 rings (SSSR count). The Balaban J connectivity index is 1.75. The highest BCUT2D eigenvalue weighted by atomic mass is 16.1. The fourth-order valence-corrected chi connectivity index (χ4v) is 3.74. The van der Waals surface area contributed by atoms with Gasteiger partial charge in [0.25, 0.3) is 0 Å². The predicted molar refractivity (Wildman–Crippen MR) is 114 cm³/mol. The molecule has 6 nitrogen and oxygen atoms in total. The summed E-state index contributed by atoms with van der Waals surface area (Å²) in [5, 5.41) is 10.1. The number of rotatable bonds is 6. The Morgan fingerprint density at radius 3 is 2.41 bits per heavy atom. The zero-order chi connectivity index (χ0) is 20.5. The van der Waals surface area contributed by atoms with Crippen molar-refractivity contribution in [3.63, 3.8) is 0 Å². The molecule has 6 heteroatoms. The number of fused-ring (bicyclic) bond motifs is 1. The van der Waals surface area contributed by atoms with Gasteiger partial charge in [-0.3, -0.25) is 14.2 Å². The van der Waals surface area contributed by atoms with E-state index in [1.807, 2.05) is 37.8 Å². The molecule has 1 unspecified atom stereocenters. The number of carbonyl (C=O) groups is 1. The zero-order valence-electron chi connectivity index (χ0n) is 16.9.